The molecule has 0 unspecified atom stereocenters. The van der Waals surface area contributed by atoms with Gasteiger partial charge in [0.05, 0.1) is 5.41 Å². The smallest absolute Gasteiger partial charge is 0.260 e. The monoisotopic (exact) mass is 260 g/mol. The molecule has 2 N–H and O–H groups in total. The Morgan fingerprint density at radius 3 is 2.37 bits per heavy atom. The van der Waals surface area contributed by atoms with Crippen LogP contribution in [0.2, 0.25) is 0 Å². The Morgan fingerprint density at radius 2 is 1.79 bits per heavy atom. The summed E-state index contributed by atoms with van der Waals surface area (Å²) in [6.45, 7) is 7.53. The van der Waals surface area contributed by atoms with E-state index in [1.165, 1.54) is 4.90 Å². The van der Waals surface area contributed by atoms with Crippen molar-refractivity contribution >= 4 is 11.8 Å². The van der Waals surface area contributed by atoms with Crippen LogP contribution in [0.3, 0.4) is 0 Å². The maximum Gasteiger partial charge on any atom is 0.260 e. The van der Waals surface area contributed by atoms with Crippen LogP contribution in [0.4, 0.5) is 0 Å². The lowest BCUT2D eigenvalue weighted by Crippen LogP contribution is -2.57. The highest BCUT2D eigenvalue weighted by molar-refractivity contribution is 6.12. The number of nitrogens with two attached hydrogens (primary N) is 1. The molecule has 0 aromatic heterocycles. The van der Waals surface area contributed by atoms with Crippen molar-refractivity contribution in [3.05, 3.63) is 35.4 Å². The van der Waals surface area contributed by atoms with Gasteiger partial charge in [0, 0.05) is 17.6 Å². The van der Waals surface area contributed by atoms with E-state index in [-0.39, 0.29) is 18.4 Å². The van der Waals surface area contributed by atoms with Crippen molar-refractivity contribution < 1.29 is 9.59 Å². The van der Waals surface area contributed by atoms with E-state index in [0.717, 1.165) is 5.56 Å². The summed E-state index contributed by atoms with van der Waals surface area (Å²) in [7, 11) is 0. The van der Waals surface area contributed by atoms with Crippen LogP contribution in [0, 0.1) is 0 Å². The minimum Gasteiger partial charge on any atom is -0.324 e. The Balaban J connectivity index is 2.53. The van der Waals surface area contributed by atoms with Gasteiger partial charge in [0.2, 0.25) is 5.91 Å². The van der Waals surface area contributed by atoms with Gasteiger partial charge in [-0.25, -0.2) is 0 Å². The van der Waals surface area contributed by atoms with Crippen LogP contribution in [-0.4, -0.2) is 28.8 Å². The molecule has 4 heteroatoms. The van der Waals surface area contributed by atoms with Crippen molar-refractivity contribution in [2.24, 2.45) is 5.73 Å². The molecule has 1 aliphatic heterocycles. The fourth-order valence-corrected chi connectivity index (χ4v) is 2.46. The summed E-state index contributed by atoms with van der Waals surface area (Å²) >= 11 is 0. The number of hydrogen-bond donors (Lipinski definition) is 1. The van der Waals surface area contributed by atoms with E-state index < -0.39 is 11.0 Å². The number of fused-ring (bicyclic) bond motifs is 1. The average Bonchev–Trinajstić information content (AvgIpc) is 2.31. The number of imide groups is 1. The van der Waals surface area contributed by atoms with Gasteiger partial charge in [-0.1, -0.05) is 18.2 Å². The molecule has 0 bridgehead atoms. The first-order valence-corrected chi connectivity index (χ1v) is 6.39. The Morgan fingerprint density at radius 1 is 1.21 bits per heavy atom. The molecule has 19 heavy (non-hydrogen) atoms. The second-order valence-corrected chi connectivity index (χ2v) is 6.36. The van der Waals surface area contributed by atoms with Gasteiger partial charge in [-0.05, 0) is 39.3 Å². The number of amides is 2. The summed E-state index contributed by atoms with van der Waals surface area (Å²) < 4.78 is 0. The maximum absolute atomic E-state index is 12.5. The first kappa shape index (κ1) is 13.7. The van der Waals surface area contributed by atoms with Gasteiger partial charge < -0.3 is 5.73 Å². The molecule has 0 spiro atoms. The summed E-state index contributed by atoms with van der Waals surface area (Å²) in [5.41, 5.74) is 6.03. The van der Waals surface area contributed by atoms with Crippen LogP contribution in [0.25, 0.3) is 0 Å². The van der Waals surface area contributed by atoms with Gasteiger partial charge in [-0.15, -0.1) is 0 Å². The molecule has 0 atom stereocenters. The average molecular weight is 260 g/mol. The molecule has 4 nitrogen and oxygen atoms in total. The zero-order valence-electron chi connectivity index (χ0n) is 11.9. The van der Waals surface area contributed by atoms with Crippen LogP contribution in [0.1, 0.15) is 43.6 Å². The second kappa shape index (κ2) is 4.17. The van der Waals surface area contributed by atoms with Gasteiger partial charge in [0.25, 0.3) is 5.91 Å². The van der Waals surface area contributed by atoms with Crippen molar-refractivity contribution in [2.45, 2.75) is 38.6 Å². The normalized spacial score (nSPS) is 18.5. The van der Waals surface area contributed by atoms with Gasteiger partial charge in [-0.3, -0.25) is 14.5 Å². The van der Waals surface area contributed by atoms with Crippen molar-refractivity contribution in [3.8, 4) is 0 Å². The highest BCUT2D eigenvalue weighted by Crippen LogP contribution is 2.34. The first-order valence-electron chi connectivity index (χ1n) is 6.39. The van der Waals surface area contributed by atoms with Crippen LogP contribution in [0.15, 0.2) is 24.3 Å². The zero-order chi connectivity index (χ0) is 14.4. The van der Waals surface area contributed by atoms with Crippen LogP contribution in [-0.2, 0) is 10.2 Å². The van der Waals surface area contributed by atoms with Gasteiger partial charge >= 0.3 is 0 Å². The van der Waals surface area contributed by atoms with Crippen molar-refractivity contribution in [3.63, 3.8) is 0 Å². The summed E-state index contributed by atoms with van der Waals surface area (Å²) in [5.74, 6) is -0.437. The third-order valence-electron chi connectivity index (χ3n) is 3.42. The number of carbonyl (C=O) groups excluding carboxylic acids is 2. The van der Waals surface area contributed by atoms with Crippen molar-refractivity contribution in [1.29, 1.82) is 0 Å². The molecule has 1 aromatic carbocycles. The molecule has 1 aliphatic rings. The third-order valence-corrected chi connectivity index (χ3v) is 3.42. The quantitative estimate of drug-likeness (QED) is 0.823. The Bertz CT molecular complexity index is 541. The predicted molar refractivity (Wildman–Crippen MR) is 73.8 cm³/mol. The molecule has 2 rings (SSSR count). The minimum absolute atomic E-state index is 0.185. The molecule has 0 radical (unpaired) electrons. The number of hydrogen-bond acceptors (Lipinski definition) is 3. The fourth-order valence-electron chi connectivity index (χ4n) is 2.46. The lowest BCUT2D eigenvalue weighted by Gasteiger charge is -2.39. The summed E-state index contributed by atoms with van der Waals surface area (Å²) in [6, 6.07) is 7.27. The largest absolute Gasteiger partial charge is 0.324 e. The van der Waals surface area contributed by atoms with E-state index in [1.807, 2.05) is 32.0 Å². The number of benzene rings is 1. The number of rotatable bonds is 2. The zero-order valence-corrected chi connectivity index (χ0v) is 11.9. The molecular formula is C15H20N2O2. The molecule has 1 aromatic rings. The molecular weight excluding hydrogens is 240 g/mol. The van der Waals surface area contributed by atoms with E-state index >= 15 is 0 Å². The van der Waals surface area contributed by atoms with E-state index in [1.54, 1.807) is 19.9 Å². The van der Waals surface area contributed by atoms with Crippen molar-refractivity contribution in [1.82, 2.24) is 4.90 Å². The summed E-state index contributed by atoms with van der Waals surface area (Å²) in [4.78, 5) is 26.3. The molecule has 0 saturated heterocycles. The standard InChI is InChI=1S/C15H20N2O2/c1-14(2,16)9-17-12(18)10-7-5-6-8-11(10)15(3,4)13(17)19/h5-8H,9,16H2,1-4H3. The van der Waals surface area contributed by atoms with Gasteiger partial charge in [0.1, 0.15) is 0 Å². The van der Waals surface area contributed by atoms with Gasteiger partial charge in [-0.2, -0.15) is 0 Å². The minimum atomic E-state index is -0.699. The molecule has 102 valence electrons. The Labute approximate surface area is 113 Å². The van der Waals surface area contributed by atoms with E-state index in [2.05, 4.69) is 0 Å². The Kier molecular flexibility index (Phi) is 3.01. The third kappa shape index (κ3) is 2.28. The maximum atomic E-state index is 12.5. The SMILES string of the molecule is CC(C)(N)CN1C(=O)c2ccccc2C(C)(C)C1=O. The number of nitrogens with zero attached hydrogens (tertiary/aromatic N) is 1. The molecule has 2 amide bonds. The van der Waals surface area contributed by atoms with Crippen molar-refractivity contribution in [2.75, 3.05) is 6.54 Å². The van der Waals surface area contributed by atoms with E-state index in [9.17, 15) is 9.59 Å². The van der Waals surface area contributed by atoms with E-state index in [0.29, 0.717) is 5.56 Å². The highest BCUT2D eigenvalue weighted by Gasteiger charge is 2.45. The predicted octanol–water partition coefficient (Wildman–Crippen LogP) is 1.68. The topological polar surface area (TPSA) is 63.4 Å². The number of carbonyl (C=O) groups is 2. The summed E-state index contributed by atoms with van der Waals surface area (Å²) in [5, 5.41) is 0. The Hall–Kier alpha value is -1.68. The molecule has 0 fully saturated rings. The molecule has 1 heterocycles. The first-order chi connectivity index (χ1) is 8.64. The van der Waals surface area contributed by atoms with E-state index in [4.69, 9.17) is 5.73 Å². The van der Waals surface area contributed by atoms with Crippen LogP contribution in [0.5, 0.6) is 0 Å². The second-order valence-electron chi connectivity index (χ2n) is 6.36. The fraction of sp³-hybridized carbons (Fsp3) is 0.467. The molecule has 0 aliphatic carbocycles. The molecule has 0 saturated carbocycles. The highest BCUT2D eigenvalue weighted by atomic mass is 16.2. The van der Waals surface area contributed by atoms with Gasteiger partial charge in [0.15, 0.2) is 0 Å². The lowest BCUT2D eigenvalue weighted by atomic mass is 9.77. The van der Waals surface area contributed by atoms with Crippen LogP contribution >= 0.6 is 0 Å². The lowest BCUT2D eigenvalue weighted by molar-refractivity contribution is -0.134. The van der Waals surface area contributed by atoms with Crippen LogP contribution < -0.4 is 5.73 Å². The summed E-state index contributed by atoms with van der Waals surface area (Å²) in [6.07, 6.45) is 0.